The summed E-state index contributed by atoms with van der Waals surface area (Å²) in [5.74, 6) is 0.197. The minimum atomic E-state index is -4.42. The number of halogens is 3. The van der Waals surface area contributed by atoms with Gasteiger partial charge in [0.1, 0.15) is 9.84 Å². The molecule has 5 nitrogen and oxygen atoms in total. The second-order valence-electron chi connectivity index (χ2n) is 4.70. The largest absolute Gasteiger partial charge is 0.493 e. The second kappa shape index (κ2) is 7.68. The van der Waals surface area contributed by atoms with Crippen LogP contribution < -0.4 is 14.8 Å². The molecule has 1 rings (SSSR count). The van der Waals surface area contributed by atoms with Gasteiger partial charge in [0.05, 0.1) is 12.9 Å². The van der Waals surface area contributed by atoms with Crippen molar-refractivity contribution in [3.63, 3.8) is 0 Å². The van der Waals surface area contributed by atoms with Gasteiger partial charge >= 0.3 is 6.18 Å². The minimum Gasteiger partial charge on any atom is -0.493 e. The minimum absolute atomic E-state index is 0.000268. The van der Waals surface area contributed by atoms with Gasteiger partial charge in [0.2, 0.25) is 0 Å². The van der Waals surface area contributed by atoms with E-state index in [0.29, 0.717) is 6.54 Å². The van der Waals surface area contributed by atoms with E-state index in [4.69, 9.17) is 4.74 Å². The van der Waals surface area contributed by atoms with Crippen molar-refractivity contribution in [3.05, 3.63) is 23.8 Å². The number of sulfone groups is 1. The predicted molar refractivity (Wildman–Crippen MR) is 76.0 cm³/mol. The SMILES string of the molecule is COc1cc(CNCCS(C)(=O)=O)ccc1OCC(F)(F)F. The van der Waals surface area contributed by atoms with Gasteiger partial charge in [0, 0.05) is 19.3 Å². The molecule has 126 valence electrons. The van der Waals surface area contributed by atoms with Gasteiger partial charge in [-0.15, -0.1) is 0 Å². The van der Waals surface area contributed by atoms with Crippen LogP contribution in [0.2, 0.25) is 0 Å². The molecule has 0 unspecified atom stereocenters. The first-order chi connectivity index (χ1) is 10.1. The highest BCUT2D eigenvalue weighted by Crippen LogP contribution is 2.29. The van der Waals surface area contributed by atoms with Crippen LogP contribution in [-0.2, 0) is 16.4 Å². The molecule has 1 aromatic carbocycles. The third kappa shape index (κ3) is 7.51. The predicted octanol–water partition coefficient (Wildman–Crippen LogP) is 1.77. The monoisotopic (exact) mass is 341 g/mol. The van der Waals surface area contributed by atoms with E-state index >= 15 is 0 Å². The van der Waals surface area contributed by atoms with E-state index in [2.05, 4.69) is 10.1 Å². The van der Waals surface area contributed by atoms with Gasteiger partial charge in [0.25, 0.3) is 0 Å². The van der Waals surface area contributed by atoms with Crippen molar-refractivity contribution in [2.45, 2.75) is 12.7 Å². The fourth-order valence-corrected chi connectivity index (χ4v) is 2.11. The third-order valence-electron chi connectivity index (χ3n) is 2.60. The van der Waals surface area contributed by atoms with Crippen LogP contribution in [-0.4, -0.2) is 46.9 Å². The third-order valence-corrected chi connectivity index (χ3v) is 3.54. The molecule has 9 heteroatoms. The Morgan fingerprint density at radius 3 is 2.45 bits per heavy atom. The highest BCUT2D eigenvalue weighted by atomic mass is 32.2. The average Bonchev–Trinajstić information content (AvgIpc) is 2.40. The molecular formula is C13H18F3NO4S. The fraction of sp³-hybridized carbons (Fsp3) is 0.538. The van der Waals surface area contributed by atoms with E-state index in [0.717, 1.165) is 11.8 Å². The summed E-state index contributed by atoms with van der Waals surface area (Å²) < 4.78 is 68.0. The molecule has 22 heavy (non-hydrogen) atoms. The molecule has 0 fully saturated rings. The molecule has 1 aromatic rings. The Bertz CT molecular complexity index is 587. The van der Waals surface area contributed by atoms with Gasteiger partial charge in [-0.25, -0.2) is 8.42 Å². The number of methoxy groups -OCH3 is 1. The zero-order valence-electron chi connectivity index (χ0n) is 12.2. The highest BCUT2D eigenvalue weighted by Gasteiger charge is 2.29. The molecule has 0 aromatic heterocycles. The lowest BCUT2D eigenvalue weighted by atomic mass is 10.2. The van der Waals surface area contributed by atoms with Gasteiger partial charge in [-0.05, 0) is 17.7 Å². The van der Waals surface area contributed by atoms with Crippen molar-refractivity contribution in [1.82, 2.24) is 5.32 Å². The van der Waals surface area contributed by atoms with Crippen LogP contribution in [0, 0.1) is 0 Å². The Hall–Kier alpha value is -1.48. The maximum Gasteiger partial charge on any atom is 0.422 e. The van der Waals surface area contributed by atoms with Crippen LogP contribution in [0.15, 0.2) is 18.2 Å². The van der Waals surface area contributed by atoms with E-state index in [1.54, 1.807) is 12.1 Å². The molecule has 0 bridgehead atoms. The van der Waals surface area contributed by atoms with Crippen LogP contribution in [0.5, 0.6) is 11.5 Å². The van der Waals surface area contributed by atoms with Crippen molar-refractivity contribution in [1.29, 1.82) is 0 Å². The normalized spacial score (nSPS) is 12.2. The summed E-state index contributed by atoms with van der Waals surface area (Å²) in [6.45, 7) is -0.742. The van der Waals surface area contributed by atoms with Crippen LogP contribution in [0.25, 0.3) is 0 Å². The van der Waals surface area contributed by atoms with E-state index in [1.165, 1.54) is 13.2 Å². The van der Waals surface area contributed by atoms with E-state index in [9.17, 15) is 21.6 Å². The molecular weight excluding hydrogens is 323 g/mol. The van der Waals surface area contributed by atoms with Crippen molar-refractivity contribution in [2.75, 3.05) is 32.3 Å². The Kier molecular flexibility index (Phi) is 6.48. The molecule has 0 spiro atoms. The smallest absolute Gasteiger partial charge is 0.422 e. The van der Waals surface area contributed by atoms with Crippen molar-refractivity contribution < 1.29 is 31.1 Å². The molecule has 0 aliphatic carbocycles. The maximum absolute atomic E-state index is 12.1. The van der Waals surface area contributed by atoms with E-state index in [1.807, 2.05) is 0 Å². The first kappa shape index (κ1) is 18.6. The summed E-state index contributed by atoms with van der Waals surface area (Å²) in [6.07, 6.45) is -3.28. The molecule has 0 aliphatic rings. The van der Waals surface area contributed by atoms with Crippen molar-refractivity contribution >= 4 is 9.84 Å². The summed E-state index contributed by atoms with van der Waals surface area (Å²) in [4.78, 5) is 0. The number of hydrogen-bond acceptors (Lipinski definition) is 5. The fourth-order valence-electron chi connectivity index (χ4n) is 1.59. The first-order valence-corrected chi connectivity index (χ1v) is 8.42. The van der Waals surface area contributed by atoms with Crippen molar-refractivity contribution in [3.8, 4) is 11.5 Å². The van der Waals surface area contributed by atoms with Crippen LogP contribution in [0.4, 0.5) is 13.2 Å². The molecule has 0 saturated carbocycles. The summed E-state index contributed by atoms with van der Waals surface area (Å²) in [5.41, 5.74) is 0.740. The average molecular weight is 341 g/mol. The lowest BCUT2D eigenvalue weighted by Crippen LogP contribution is -2.22. The summed E-state index contributed by atoms with van der Waals surface area (Å²) in [5, 5.41) is 2.93. The number of ether oxygens (including phenoxy) is 2. The first-order valence-electron chi connectivity index (χ1n) is 6.35. The zero-order chi connectivity index (χ0) is 16.8. The Morgan fingerprint density at radius 1 is 1.23 bits per heavy atom. The zero-order valence-corrected chi connectivity index (χ0v) is 13.1. The number of nitrogens with one attached hydrogen (secondary N) is 1. The summed E-state index contributed by atoms with van der Waals surface area (Å²) in [6, 6.07) is 4.51. The number of alkyl halides is 3. The number of hydrogen-bond donors (Lipinski definition) is 1. The van der Waals surface area contributed by atoms with E-state index in [-0.39, 0.29) is 23.8 Å². The molecule has 0 atom stereocenters. The summed E-state index contributed by atoms with van der Waals surface area (Å²) >= 11 is 0. The molecule has 0 saturated heterocycles. The van der Waals surface area contributed by atoms with Gasteiger partial charge in [0.15, 0.2) is 18.1 Å². The van der Waals surface area contributed by atoms with Crippen molar-refractivity contribution in [2.24, 2.45) is 0 Å². The Balaban J connectivity index is 2.60. The van der Waals surface area contributed by atoms with Gasteiger partial charge in [-0.3, -0.25) is 0 Å². The lowest BCUT2D eigenvalue weighted by molar-refractivity contribution is -0.153. The maximum atomic E-state index is 12.1. The van der Waals surface area contributed by atoms with Gasteiger partial charge < -0.3 is 14.8 Å². The quantitative estimate of drug-likeness (QED) is 0.730. The van der Waals surface area contributed by atoms with Crippen LogP contribution >= 0.6 is 0 Å². The molecule has 0 radical (unpaired) electrons. The van der Waals surface area contributed by atoms with Crippen LogP contribution in [0.1, 0.15) is 5.56 Å². The molecule has 0 heterocycles. The molecule has 0 amide bonds. The summed E-state index contributed by atoms with van der Waals surface area (Å²) in [7, 11) is -1.70. The molecule has 1 N–H and O–H groups in total. The van der Waals surface area contributed by atoms with Gasteiger partial charge in [-0.1, -0.05) is 6.07 Å². The Morgan fingerprint density at radius 2 is 1.91 bits per heavy atom. The Labute approximate surface area is 127 Å². The number of rotatable bonds is 8. The standard InChI is InChI=1S/C13H18F3NO4S/c1-20-12-7-10(8-17-5-6-22(2,18)19)3-4-11(12)21-9-13(14,15)16/h3-4,7,17H,5-6,8-9H2,1-2H3. The van der Waals surface area contributed by atoms with Gasteiger partial charge in [-0.2, -0.15) is 13.2 Å². The second-order valence-corrected chi connectivity index (χ2v) is 6.96. The topological polar surface area (TPSA) is 64.6 Å². The lowest BCUT2D eigenvalue weighted by Gasteiger charge is -2.13. The number of benzene rings is 1. The van der Waals surface area contributed by atoms with Crippen LogP contribution in [0.3, 0.4) is 0 Å². The van der Waals surface area contributed by atoms with E-state index < -0.39 is 22.6 Å². The highest BCUT2D eigenvalue weighted by molar-refractivity contribution is 7.90. The molecule has 0 aliphatic heterocycles.